The van der Waals surface area contributed by atoms with Gasteiger partial charge in [0.15, 0.2) is 0 Å². The Morgan fingerprint density at radius 3 is 1.70 bits per heavy atom. The molecule has 0 amide bonds. The average Bonchev–Trinajstić information content (AvgIpc) is 2.82. The Kier molecular flexibility index (Phi) is 12.1. The van der Waals surface area contributed by atoms with Crippen LogP contribution >= 0.6 is 0 Å². The first-order valence-electron chi connectivity index (χ1n) is 11.0. The van der Waals surface area contributed by atoms with Crippen LogP contribution in [0.2, 0.25) is 0 Å². The van der Waals surface area contributed by atoms with E-state index in [4.69, 9.17) is 29.0 Å². The molecule has 33 heavy (non-hydrogen) atoms. The summed E-state index contributed by atoms with van der Waals surface area (Å²) in [5.74, 6) is -1.36. The molecule has 0 fully saturated rings. The molecule has 0 saturated heterocycles. The predicted molar refractivity (Wildman–Crippen MR) is 120 cm³/mol. The summed E-state index contributed by atoms with van der Waals surface area (Å²) in [6.07, 6.45) is 0.719. The third kappa shape index (κ3) is 9.71. The lowest BCUT2D eigenvalue weighted by Crippen LogP contribution is -2.24. The molecule has 8 nitrogen and oxygen atoms in total. The van der Waals surface area contributed by atoms with Crippen molar-refractivity contribution >= 4 is 11.9 Å². The first-order chi connectivity index (χ1) is 16.0. The zero-order valence-corrected chi connectivity index (χ0v) is 19.4. The molecule has 0 unspecified atom stereocenters. The maximum Gasteiger partial charge on any atom is 0.373 e. The molecule has 180 valence electrons. The van der Waals surface area contributed by atoms with E-state index in [-0.39, 0.29) is 13.0 Å². The monoisotopic (exact) mass is 460 g/mol. The summed E-state index contributed by atoms with van der Waals surface area (Å²) in [5.41, 5.74) is 2.19. The van der Waals surface area contributed by atoms with Crippen LogP contribution in [0.4, 0.5) is 0 Å². The Morgan fingerprint density at radius 2 is 1.21 bits per heavy atom. The van der Waals surface area contributed by atoms with Crippen LogP contribution in [-0.2, 0) is 29.0 Å². The molecular weight excluding hydrogens is 428 g/mol. The third-order valence-corrected chi connectivity index (χ3v) is 4.62. The van der Waals surface area contributed by atoms with Crippen LogP contribution < -0.4 is 0 Å². The van der Waals surface area contributed by atoms with Gasteiger partial charge in [0.05, 0.1) is 17.7 Å². The van der Waals surface area contributed by atoms with Crippen LogP contribution in [0.5, 0.6) is 0 Å². The standard InChI is InChI=1S/C25H32O8/c1-4-15-28-16-9-17-29-18-14-23(30-32-24(26)21-12-7-5-10-19(21)2)31-33-25(27)22-13-8-6-11-20(22)3/h5-8,10-13,23H,4,9,14-18H2,1-3H3. The molecule has 0 aromatic heterocycles. The number of hydrogen-bond donors (Lipinski definition) is 0. The number of carbonyl (C=O) groups excluding carboxylic acids is 2. The van der Waals surface area contributed by atoms with Gasteiger partial charge in [0, 0.05) is 26.2 Å². The van der Waals surface area contributed by atoms with Crippen LogP contribution in [-0.4, -0.2) is 44.7 Å². The predicted octanol–water partition coefficient (Wildman–Crippen LogP) is 4.73. The van der Waals surface area contributed by atoms with E-state index in [2.05, 4.69) is 6.92 Å². The minimum absolute atomic E-state index is 0.165. The molecule has 2 aromatic rings. The molecule has 8 heteroatoms. The van der Waals surface area contributed by atoms with Gasteiger partial charge in [-0.15, -0.1) is 9.78 Å². The van der Waals surface area contributed by atoms with E-state index in [0.29, 0.717) is 24.3 Å². The molecule has 0 aliphatic heterocycles. The van der Waals surface area contributed by atoms with Crippen molar-refractivity contribution in [3.05, 3.63) is 70.8 Å². The second-order valence-electron chi connectivity index (χ2n) is 7.36. The van der Waals surface area contributed by atoms with E-state index in [1.54, 1.807) is 50.2 Å². The zero-order valence-electron chi connectivity index (χ0n) is 19.4. The van der Waals surface area contributed by atoms with Crippen molar-refractivity contribution in [1.82, 2.24) is 0 Å². The van der Waals surface area contributed by atoms with Crippen LogP contribution in [0, 0.1) is 13.8 Å². The van der Waals surface area contributed by atoms with E-state index in [0.717, 1.165) is 30.6 Å². The van der Waals surface area contributed by atoms with Gasteiger partial charge in [-0.25, -0.2) is 9.59 Å². The smallest absolute Gasteiger partial charge is 0.373 e. The van der Waals surface area contributed by atoms with Crippen molar-refractivity contribution in [3.63, 3.8) is 0 Å². The van der Waals surface area contributed by atoms with Crippen LogP contribution in [0.1, 0.15) is 58.0 Å². The van der Waals surface area contributed by atoms with Crippen molar-refractivity contribution < 1.29 is 38.6 Å². The quantitative estimate of drug-likeness (QED) is 0.163. The number of aryl methyl sites for hydroxylation is 2. The summed E-state index contributed by atoms with van der Waals surface area (Å²) in [6, 6.07) is 13.9. The molecule has 0 N–H and O–H groups in total. The van der Waals surface area contributed by atoms with Crippen LogP contribution in [0.3, 0.4) is 0 Å². The SMILES string of the molecule is CCCOCCCOCCC(OOC(=O)c1ccccc1C)OOC(=O)c1ccccc1C. The molecule has 0 atom stereocenters. The van der Waals surface area contributed by atoms with Crippen LogP contribution in [0.15, 0.2) is 48.5 Å². The Bertz CT molecular complexity index is 805. The summed E-state index contributed by atoms with van der Waals surface area (Å²) in [4.78, 5) is 44.8. The normalized spacial score (nSPS) is 10.9. The Balaban J connectivity index is 1.85. The Labute approximate surface area is 194 Å². The first kappa shape index (κ1) is 26.5. The van der Waals surface area contributed by atoms with Crippen molar-refractivity contribution in [2.75, 3.05) is 26.4 Å². The fourth-order valence-corrected chi connectivity index (χ4v) is 2.79. The molecule has 0 radical (unpaired) electrons. The second-order valence-corrected chi connectivity index (χ2v) is 7.36. The largest absolute Gasteiger partial charge is 0.381 e. The van der Waals surface area contributed by atoms with Gasteiger partial charge < -0.3 is 9.47 Å². The van der Waals surface area contributed by atoms with E-state index in [1.807, 2.05) is 12.1 Å². The molecule has 0 aliphatic rings. The molecule has 0 spiro atoms. The molecule has 0 saturated carbocycles. The number of hydrogen-bond acceptors (Lipinski definition) is 8. The lowest BCUT2D eigenvalue weighted by molar-refractivity contribution is -0.422. The molecule has 0 bridgehead atoms. The summed E-state index contributed by atoms with van der Waals surface area (Å²) >= 11 is 0. The highest BCUT2D eigenvalue weighted by atomic mass is 17.3. The van der Waals surface area contributed by atoms with Crippen molar-refractivity contribution in [2.45, 2.75) is 46.3 Å². The number of carbonyl (C=O) groups is 2. The fourth-order valence-electron chi connectivity index (χ4n) is 2.79. The van der Waals surface area contributed by atoms with Crippen LogP contribution in [0.25, 0.3) is 0 Å². The second kappa shape index (κ2) is 15.1. The Morgan fingerprint density at radius 1 is 0.727 bits per heavy atom. The van der Waals surface area contributed by atoms with E-state index >= 15 is 0 Å². The number of rotatable bonds is 15. The summed E-state index contributed by atoms with van der Waals surface area (Å²) in [6.45, 7) is 7.69. The highest BCUT2D eigenvalue weighted by molar-refractivity contribution is 5.91. The maximum atomic E-state index is 12.3. The van der Waals surface area contributed by atoms with E-state index in [1.165, 1.54) is 0 Å². The number of benzene rings is 2. The highest BCUT2D eigenvalue weighted by Gasteiger charge is 2.21. The topological polar surface area (TPSA) is 89.5 Å². The van der Waals surface area contributed by atoms with Gasteiger partial charge in [-0.2, -0.15) is 0 Å². The van der Waals surface area contributed by atoms with Crippen molar-refractivity contribution in [3.8, 4) is 0 Å². The lowest BCUT2D eigenvalue weighted by Gasteiger charge is -2.16. The van der Waals surface area contributed by atoms with Gasteiger partial charge in [0.2, 0.25) is 6.29 Å². The molecule has 0 aliphatic carbocycles. The number of ether oxygens (including phenoxy) is 2. The minimum Gasteiger partial charge on any atom is -0.381 e. The van der Waals surface area contributed by atoms with E-state index < -0.39 is 18.2 Å². The van der Waals surface area contributed by atoms with Gasteiger partial charge in [-0.05, 0) is 49.9 Å². The fraction of sp³-hybridized carbons (Fsp3) is 0.440. The van der Waals surface area contributed by atoms with Gasteiger partial charge in [0.25, 0.3) is 0 Å². The molecule has 0 heterocycles. The lowest BCUT2D eigenvalue weighted by atomic mass is 10.1. The highest BCUT2D eigenvalue weighted by Crippen LogP contribution is 2.13. The van der Waals surface area contributed by atoms with Crippen molar-refractivity contribution in [1.29, 1.82) is 0 Å². The Hall–Kier alpha value is -2.78. The molecule has 2 aromatic carbocycles. The van der Waals surface area contributed by atoms with Gasteiger partial charge >= 0.3 is 11.9 Å². The van der Waals surface area contributed by atoms with Crippen molar-refractivity contribution in [2.24, 2.45) is 0 Å². The van der Waals surface area contributed by atoms with Gasteiger partial charge in [-0.1, -0.05) is 43.3 Å². The molecule has 2 rings (SSSR count). The average molecular weight is 461 g/mol. The summed E-state index contributed by atoms with van der Waals surface area (Å²) in [7, 11) is 0. The van der Waals surface area contributed by atoms with E-state index in [9.17, 15) is 9.59 Å². The maximum absolute atomic E-state index is 12.3. The van der Waals surface area contributed by atoms with Gasteiger partial charge in [0.1, 0.15) is 0 Å². The summed E-state index contributed by atoms with van der Waals surface area (Å²) in [5, 5.41) is 0. The third-order valence-electron chi connectivity index (χ3n) is 4.62. The first-order valence-corrected chi connectivity index (χ1v) is 11.0. The zero-order chi connectivity index (χ0) is 23.9. The van der Waals surface area contributed by atoms with Gasteiger partial charge in [-0.3, -0.25) is 9.78 Å². The molecular formula is C25H32O8. The summed E-state index contributed by atoms with van der Waals surface area (Å²) < 4.78 is 10.9. The minimum atomic E-state index is -1.16.